The number of hydrogen-bond donors (Lipinski definition) is 2. The minimum atomic E-state index is -0.234. The fourth-order valence-corrected chi connectivity index (χ4v) is 2.15. The van der Waals surface area contributed by atoms with Gasteiger partial charge >= 0.3 is 0 Å². The maximum Gasteiger partial charge on any atom is 0.255 e. The summed E-state index contributed by atoms with van der Waals surface area (Å²) in [5, 5.41) is 12.6. The molecular formula is C12H14BrNO3. The molecule has 92 valence electrons. The summed E-state index contributed by atoms with van der Waals surface area (Å²) in [5.74, 6) is -0.245. The van der Waals surface area contributed by atoms with Crippen molar-refractivity contribution in [3.05, 3.63) is 28.2 Å². The quantitative estimate of drug-likeness (QED) is 0.879. The molecule has 1 heterocycles. The number of hydrogen-bond acceptors (Lipinski definition) is 3. The monoisotopic (exact) mass is 299 g/mol. The number of carbonyl (C=O) groups excluding carboxylic acids is 1. The molecule has 0 saturated carbocycles. The Labute approximate surface area is 108 Å². The van der Waals surface area contributed by atoms with E-state index in [0.29, 0.717) is 18.8 Å². The van der Waals surface area contributed by atoms with Crippen molar-refractivity contribution in [3.8, 4) is 5.75 Å². The number of phenols is 1. The first-order valence-electron chi connectivity index (χ1n) is 5.54. The lowest BCUT2D eigenvalue weighted by atomic mass is 10.1. The second kappa shape index (κ2) is 5.51. The highest BCUT2D eigenvalue weighted by molar-refractivity contribution is 9.10. The molecule has 4 nitrogen and oxygen atoms in total. The first kappa shape index (κ1) is 12.4. The van der Waals surface area contributed by atoms with Crippen molar-refractivity contribution in [1.82, 2.24) is 5.32 Å². The molecule has 0 bridgehead atoms. The van der Waals surface area contributed by atoms with Crippen molar-refractivity contribution in [2.75, 3.05) is 13.2 Å². The fourth-order valence-electron chi connectivity index (χ4n) is 1.80. The van der Waals surface area contributed by atoms with Crippen LogP contribution >= 0.6 is 15.9 Å². The molecule has 2 N–H and O–H groups in total. The molecule has 17 heavy (non-hydrogen) atoms. The molecule has 0 aromatic heterocycles. The van der Waals surface area contributed by atoms with Crippen LogP contribution in [0.1, 0.15) is 23.2 Å². The lowest BCUT2D eigenvalue weighted by Gasteiger charge is -2.23. The third-order valence-electron chi connectivity index (χ3n) is 2.76. The molecule has 5 heteroatoms. The van der Waals surface area contributed by atoms with Gasteiger partial charge in [0.1, 0.15) is 5.75 Å². The molecular weight excluding hydrogens is 286 g/mol. The van der Waals surface area contributed by atoms with E-state index in [1.807, 2.05) is 0 Å². The number of ether oxygens (including phenoxy) is 1. The predicted molar refractivity (Wildman–Crippen MR) is 67.1 cm³/mol. The van der Waals surface area contributed by atoms with Crippen molar-refractivity contribution in [2.24, 2.45) is 0 Å². The van der Waals surface area contributed by atoms with Crippen molar-refractivity contribution in [1.29, 1.82) is 0 Å². The van der Waals surface area contributed by atoms with Crippen LogP contribution in [0.2, 0.25) is 0 Å². The van der Waals surface area contributed by atoms with Gasteiger partial charge in [-0.15, -0.1) is 0 Å². The molecule has 0 radical (unpaired) electrons. The van der Waals surface area contributed by atoms with Gasteiger partial charge in [-0.3, -0.25) is 4.79 Å². The summed E-state index contributed by atoms with van der Waals surface area (Å²) < 4.78 is 5.97. The lowest BCUT2D eigenvalue weighted by molar-refractivity contribution is 0.0695. The normalized spacial score (nSPS) is 16.8. The minimum Gasteiger partial charge on any atom is -0.507 e. The Morgan fingerprint density at radius 1 is 1.41 bits per heavy atom. The average molecular weight is 300 g/mol. The first-order valence-corrected chi connectivity index (χ1v) is 6.33. The van der Waals surface area contributed by atoms with Crippen LogP contribution in [0, 0.1) is 0 Å². The zero-order chi connectivity index (χ0) is 12.3. The number of phenolic OH excluding ortho intramolecular Hbond substituents is 1. The van der Waals surface area contributed by atoms with E-state index in [9.17, 15) is 9.90 Å². The van der Waals surface area contributed by atoms with Crippen LogP contribution in [0.5, 0.6) is 5.75 Å². The van der Waals surface area contributed by atoms with Crippen LogP contribution in [-0.2, 0) is 4.74 Å². The van der Waals surface area contributed by atoms with Crippen LogP contribution in [0.3, 0.4) is 0 Å². The molecule has 0 aliphatic carbocycles. The summed E-state index contributed by atoms with van der Waals surface area (Å²) in [4.78, 5) is 11.9. The number of benzene rings is 1. The summed E-state index contributed by atoms with van der Waals surface area (Å²) in [5.41, 5.74) is 0.305. The smallest absolute Gasteiger partial charge is 0.255 e. The Hall–Kier alpha value is -1.07. The van der Waals surface area contributed by atoms with E-state index in [-0.39, 0.29) is 17.7 Å². The third kappa shape index (κ3) is 3.20. The third-order valence-corrected chi connectivity index (χ3v) is 3.25. The number of aromatic hydroxyl groups is 1. The summed E-state index contributed by atoms with van der Waals surface area (Å²) >= 11 is 3.24. The molecule has 1 aliphatic rings. The first-order chi connectivity index (χ1) is 8.16. The summed E-state index contributed by atoms with van der Waals surface area (Å²) in [6, 6.07) is 4.99. The number of amides is 1. The number of halogens is 1. The zero-order valence-electron chi connectivity index (χ0n) is 9.28. The Bertz CT molecular complexity index is 416. The second-order valence-corrected chi connectivity index (χ2v) is 4.94. The van der Waals surface area contributed by atoms with E-state index < -0.39 is 0 Å². The maximum atomic E-state index is 11.9. The van der Waals surface area contributed by atoms with E-state index >= 15 is 0 Å². The molecule has 0 unspecified atom stereocenters. The SMILES string of the molecule is O=C(NC1CCOCC1)c1ccc(Br)cc1O. The average Bonchev–Trinajstić information content (AvgIpc) is 2.30. The molecule has 1 saturated heterocycles. The van der Waals surface area contributed by atoms with E-state index in [2.05, 4.69) is 21.2 Å². The van der Waals surface area contributed by atoms with Gasteiger partial charge in [0.2, 0.25) is 0 Å². The van der Waals surface area contributed by atoms with Crippen LogP contribution < -0.4 is 5.32 Å². The number of rotatable bonds is 2. The Kier molecular flexibility index (Phi) is 4.02. The van der Waals surface area contributed by atoms with Crippen molar-refractivity contribution in [3.63, 3.8) is 0 Å². The highest BCUT2D eigenvalue weighted by Crippen LogP contribution is 2.22. The standard InChI is InChI=1S/C12H14BrNO3/c13-8-1-2-10(11(15)7-8)12(16)14-9-3-5-17-6-4-9/h1-2,7,9,15H,3-6H2,(H,14,16). The van der Waals surface area contributed by atoms with Gasteiger partial charge in [0.05, 0.1) is 5.56 Å². The Balaban J connectivity index is 2.03. The van der Waals surface area contributed by atoms with E-state index in [1.54, 1.807) is 12.1 Å². The van der Waals surface area contributed by atoms with Crippen molar-refractivity contribution < 1.29 is 14.6 Å². The van der Waals surface area contributed by atoms with Gasteiger partial charge in [-0.2, -0.15) is 0 Å². The van der Waals surface area contributed by atoms with Gasteiger partial charge < -0.3 is 15.2 Å². The van der Waals surface area contributed by atoms with E-state index in [0.717, 1.165) is 17.3 Å². The highest BCUT2D eigenvalue weighted by Gasteiger charge is 2.18. The summed E-state index contributed by atoms with van der Waals surface area (Å²) in [7, 11) is 0. The molecule has 1 aromatic carbocycles. The predicted octanol–water partition coefficient (Wildman–Crippen LogP) is 2.06. The van der Waals surface area contributed by atoms with E-state index in [4.69, 9.17) is 4.74 Å². The number of carbonyl (C=O) groups is 1. The number of nitrogens with one attached hydrogen (secondary N) is 1. The van der Waals surface area contributed by atoms with Crippen LogP contribution in [0.15, 0.2) is 22.7 Å². The van der Waals surface area contributed by atoms with Crippen molar-refractivity contribution in [2.45, 2.75) is 18.9 Å². The molecule has 1 amide bonds. The Morgan fingerprint density at radius 2 is 2.12 bits per heavy atom. The second-order valence-electron chi connectivity index (χ2n) is 4.02. The minimum absolute atomic E-state index is 0.0102. The van der Waals surface area contributed by atoms with Gasteiger partial charge in [0.15, 0.2) is 0 Å². The fraction of sp³-hybridized carbons (Fsp3) is 0.417. The molecule has 0 atom stereocenters. The molecule has 1 aliphatic heterocycles. The van der Waals surface area contributed by atoms with Crippen LogP contribution in [-0.4, -0.2) is 30.3 Å². The molecule has 0 spiro atoms. The molecule has 1 aromatic rings. The van der Waals surface area contributed by atoms with Crippen LogP contribution in [0.4, 0.5) is 0 Å². The van der Waals surface area contributed by atoms with Gasteiger partial charge in [-0.1, -0.05) is 15.9 Å². The van der Waals surface area contributed by atoms with E-state index in [1.165, 1.54) is 6.07 Å². The molecule has 1 fully saturated rings. The van der Waals surface area contributed by atoms with Gasteiger partial charge in [0.25, 0.3) is 5.91 Å². The molecule has 2 rings (SSSR count). The van der Waals surface area contributed by atoms with Crippen LogP contribution in [0.25, 0.3) is 0 Å². The Morgan fingerprint density at radius 3 is 2.76 bits per heavy atom. The van der Waals surface area contributed by atoms with Gasteiger partial charge in [-0.25, -0.2) is 0 Å². The zero-order valence-corrected chi connectivity index (χ0v) is 10.9. The van der Waals surface area contributed by atoms with Crippen molar-refractivity contribution >= 4 is 21.8 Å². The maximum absolute atomic E-state index is 11.9. The van der Waals surface area contributed by atoms with Gasteiger partial charge in [-0.05, 0) is 31.0 Å². The summed E-state index contributed by atoms with van der Waals surface area (Å²) in [6.45, 7) is 1.36. The largest absolute Gasteiger partial charge is 0.507 e. The highest BCUT2D eigenvalue weighted by atomic mass is 79.9. The summed E-state index contributed by atoms with van der Waals surface area (Å²) in [6.07, 6.45) is 1.64. The lowest BCUT2D eigenvalue weighted by Crippen LogP contribution is -2.38. The van der Waals surface area contributed by atoms with Gasteiger partial charge in [0, 0.05) is 23.7 Å². The topological polar surface area (TPSA) is 58.6 Å².